The highest BCUT2D eigenvalue weighted by atomic mass is 16.5. The van der Waals surface area contributed by atoms with Gasteiger partial charge in [0.1, 0.15) is 0 Å². The molecule has 0 spiro atoms. The van der Waals surface area contributed by atoms with Crippen molar-refractivity contribution in [2.75, 3.05) is 19.0 Å². The second kappa shape index (κ2) is 5.56. The number of nitrogens with two attached hydrogens (primary N) is 1. The summed E-state index contributed by atoms with van der Waals surface area (Å²) in [5, 5.41) is 3.37. The topological polar surface area (TPSA) is 60.2 Å². The first-order valence-corrected chi connectivity index (χ1v) is 5.14. The lowest BCUT2D eigenvalue weighted by Crippen LogP contribution is -2.29. The van der Waals surface area contributed by atoms with Crippen LogP contribution in [-0.2, 0) is 0 Å². The van der Waals surface area contributed by atoms with E-state index in [0.29, 0.717) is 24.4 Å². The zero-order valence-electron chi connectivity index (χ0n) is 9.53. The van der Waals surface area contributed by atoms with Crippen LogP contribution >= 0.6 is 0 Å². The number of nitrogens with one attached hydrogen (secondary N) is 1. The molecule has 0 saturated heterocycles. The highest BCUT2D eigenvalue weighted by Gasteiger charge is 2.10. The predicted molar refractivity (Wildman–Crippen MR) is 62.1 cm³/mol. The second-order valence-corrected chi connectivity index (χ2v) is 3.73. The first kappa shape index (κ1) is 11.8. The maximum atomic E-state index is 5.61. The van der Waals surface area contributed by atoms with Gasteiger partial charge in [-0.25, -0.2) is 4.98 Å². The van der Waals surface area contributed by atoms with Gasteiger partial charge < -0.3 is 15.8 Å². The van der Waals surface area contributed by atoms with Crippen LogP contribution in [0, 0.1) is 5.92 Å². The van der Waals surface area contributed by atoms with E-state index in [2.05, 4.69) is 24.1 Å². The summed E-state index contributed by atoms with van der Waals surface area (Å²) < 4.78 is 5.05. The van der Waals surface area contributed by atoms with E-state index in [1.807, 2.05) is 12.1 Å². The zero-order chi connectivity index (χ0) is 11.3. The molecule has 0 aliphatic rings. The quantitative estimate of drug-likeness (QED) is 0.771. The number of aromatic nitrogens is 1. The van der Waals surface area contributed by atoms with E-state index >= 15 is 0 Å². The van der Waals surface area contributed by atoms with E-state index in [1.165, 1.54) is 0 Å². The highest BCUT2D eigenvalue weighted by Crippen LogP contribution is 2.16. The minimum atomic E-state index is 0.335. The number of methoxy groups -OCH3 is 1. The van der Waals surface area contributed by atoms with E-state index in [0.717, 1.165) is 5.69 Å². The van der Waals surface area contributed by atoms with Gasteiger partial charge in [-0.2, -0.15) is 0 Å². The molecule has 4 nitrogen and oxygen atoms in total. The van der Waals surface area contributed by atoms with Gasteiger partial charge in [0.15, 0.2) is 0 Å². The molecule has 0 amide bonds. The summed E-state index contributed by atoms with van der Waals surface area (Å²) in [7, 11) is 1.61. The van der Waals surface area contributed by atoms with E-state index in [1.54, 1.807) is 13.3 Å². The van der Waals surface area contributed by atoms with Gasteiger partial charge in [-0.1, -0.05) is 6.92 Å². The standard InChI is InChI=1S/C11H19N3O/c1-8(7-12)9(2)14-10-4-5-13-11(6-10)15-3/h4-6,8-9H,7,12H2,1-3H3,(H,13,14). The average molecular weight is 209 g/mol. The van der Waals surface area contributed by atoms with Crippen molar-refractivity contribution in [1.82, 2.24) is 4.98 Å². The number of nitrogens with zero attached hydrogens (tertiary/aromatic N) is 1. The van der Waals surface area contributed by atoms with Crippen LogP contribution < -0.4 is 15.8 Å². The monoisotopic (exact) mass is 209 g/mol. The fraction of sp³-hybridized carbons (Fsp3) is 0.545. The van der Waals surface area contributed by atoms with Crippen molar-refractivity contribution in [1.29, 1.82) is 0 Å². The van der Waals surface area contributed by atoms with Crippen LogP contribution in [0.3, 0.4) is 0 Å². The fourth-order valence-corrected chi connectivity index (χ4v) is 1.22. The van der Waals surface area contributed by atoms with Gasteiger partial charge in [0.05, 0.1) is 7.11 Å². The number of hydrogen-bond acceptors (Lipinski definition) is 4. The molecule has 1 aromatic heterocycles. The molecule has 0 aliphatic heterocycles. The van der Waals surface area contributed by atoms with Crippen molar-refractivity contribution < 1.29 is 4.74 Å². The van der Waals surface area contributed by atoms with Crippen LogP contribution in [0.2, 0.25) is 0 Å². The molecule has 1 aromatic rings. The Hall–Kier alpha value is -1.29. The maximum absolute atomic E-state index is 5.61. The van der Waals surface area contributed by atoms with Gasteiger partial charge in [-0.3, -0.25) is 0 Å². The minimum absolute atomic E-state index is 0.335. The lowest BCUT2D eigenvalue weighted by molar-refractivity contribution is 0.398. The van der Waals surface area contributed by atoms with Gasteiger partial charge in [-0.05, 0) is 25.5 Å². The van der Waals surface area contributed by atoms with E-state index in [4.69, 9.17) is 10.5 Å². The summed E-state index contributed by atoms with van der Waals surface area (Å²) in [5.74, 6) is 1.05. The van der Waals surface area contributed by atoms with Gasteiger partial charge in [0, 0.05) is 24.0 Å². The predicted octanol–water partition coefficient (Wildman–Crippen LogP) is 1.49. The molecule has 0 fully saturated rings. The molecule has 2 unspecified atom stereocenters. The van der Waals surface area contributed by atoms with Crippen molar-refractivity contribution in [3.63, 3.8) is 0 Å². The average Bonchev–Trinajstić information content (AvgIpc) is 2.28. The lowest BCUT2D eigenvalue weighted by atomic mass is 10.0. The molecular formula is C11H19N3O. The fourth-order valence-electron chi connectivity index (χ4n) is 1.22. The van der Waals surface area contributed by atoms with Crippen LogP contribution in [0.15, 0.2) is 18.3 Å². The summed E-state index contributed by atoms with van der Waals surface area (Å²) in [5.41, 5.74) is 6.61. The first-order valence-electron chi connectivity index (χ1n) is 5.14. The third-order valence-electron chi connectivity index (χ3n) is 2.56. The Balaban J connectivity index is 2.63. The summed E-state index contributed by atoms with van der Waals surface area (Å²) in [6.07, 6.45) is 1.72. The van der Waals surface area contributed by atoms with E-state index < -0.39 is 0 Å². The molecule has 0 aliphatic carbocycles. The Morgan fingerprint density at radius 2 is 2.27 bits per heavy atom. The zero-order valence-corrected chi connectivity index (χ0v) is 9.53. The number of pyridine rings is 1. The minimum Gasteiger partial charge on any atom is -0.481 e. The van der Waals surface area contributed by atoms with Crippen LogP contribution in [0.5, 0.6) is 5.88 Å². The summed E-state index contributed by atoms with van der Waals surface area (Å²) in [6.45, 7) is 4.91. The summed E-state index contributed by atoms with van der Waals surface area (Å²) in [6, 6.07) is 4.13. The van der Waals surface area contributed by atoms with Crippen molar-refractivity contribution in [2.45, 2.75) is 19.9 Å². The Morgan fingerprint density at radius 3 is 2.87 bits per heavy atom. The van der Waals surface area contributed by atoms with Crippen molar-refractivity contribution in [3.05, 3.63) is 18.3 Å². The molecule has 4 heteroatoms. The van der Waals surface area contributed by atoms with E-state index in [-0.39, 0.29) is 0 Å². The SMILES string of the molecule is COc1cc(NC(C)C(C)CN)ccn1. The van der Waals surface area contributed by atoms with Crippen LogP contribution in [0.25, 0.3) is 0 Å². The van der Waals surface area contributed by atoms with Crippen molar-refractivity contribution >= 4 is 5.69 Å². The molecular weight excluding hydrogens is 190 g/mol. The smallest absolute Gasteiger partial charge is 0.214 e. The summed E-state index contributed by atoms with van der Waals surface area (Å²) >= 11 is 0. The number of anilines is 1. The second-order valence-electron chi connectivity index (χ2n) is 3.73. The lowest BCUT2D eigenvalue weighted by Gasteiger charge is -2.20. The van der Waals surface area contributed by atoms with Gasteiger partial charge in [-0.15, -0.1) is 0 Å². The first-order chi connectivity index (χ1) is 7.17. The normalized spacial score (nSPS) is 14.4. The molecule has 15 heavy (non-hydrogen) atoms. The van der Waals surface area contributed by atoms with Gasteiger partial charge in [0.25, 0.3) is 0 Å². The Labute approximate surface area is 90.8 Å². The Kier molecular flexibility index (Phi) is 4.37. The molecule has 0 bridgehead atoms. The number of ether oxygens (including phenoxy) is 1. The summed E-state index contributed by atoms with van der Waals surface area (Å²) in [4.78, 5) is 4.04. The van der Waals surface area contributed by atoms with Crippen molar-refractivity contribution in [2.24, 2.45) is 11.7 Å². The third kappa shape index (κ3) is 3.40. The molecule has 0 aromatic carbocycles. The highest BCUT2D eigenvalue weighted by molar-refractivity contribution is 5.45. The van der Waals surface area contributed by atoms with Gasteiger partial charge >= 0.3 is 0 Å². The molecule has 1 rings (SSSR count). The Morgan fingerprint density at radius 1 is 1.53 bits per heavy atom. The molecule has 3 N–H and O–H groups in total. The maximum Gasteiger partial charge on any atom is 0.214 e. The van der Waals surface area contributed by atoms with Crippen LogP contribution in [-0.4, -0.2) is 24.7 Å². The number of hydrogen-bond donors (Lipinski definition) is 2. The molecule has 0 saturated carbocycles. The largest absolute Gasteiger partial charge is 0.481 e. The number of rotatable bonds is 5. The third-order valence-corrected chi connectivity index (χ3v) is 2.56. The van der Waals surface area contributed by atoms with E-state index in [9.17, 15) is 0 Å². The molecule has 84 valence electrons. The molecule has 2 atom stereocenters. The van der Waals surface area contributed by atoms with Crippen LogP contribution in [0.1, 0.15) is 13.8 Å². The molecule has 0 radical (unpaired) electrons. The van der Waals surface area contributed by atoms with Crippen molar-refractivity contribution in [3.8, 4) is 5.88 Å². The Bertz CT molecular complexity index is 304. The molecule has 1 heterocycles. The van der Waals surface area contributed by atoms with Gasteiger partial charge in [0.2, 0.25) is 5.88 Å². The van der Waals surface area contributed by atoms with Crippen LogP contribution in [0.4, 0.5) is 5.69 Å².